The number of esters is 2. The molecule has 9 heteroatoms. The van der Waals surface area contributed by atoms with E-state index < -0.39 is 59.6 Å². The first-order valence-corrected chi connectivity index (χ1v) is 8.19. The first-order valence-electron chi connectivity index (χ1n) is 8.19. The fraction of sp³-hybridized carbons (Fsp3) is 0.529. The van der Waals surface area contributed by atoms with E-state index in [2.05, 4.69) is 4.74 Å². The van der Waals surface area contributed by atoms with Crippen LogP contribution in [0.15, 0.2) is 0 Å². The van der Waals surface area contributed by atoms with Gasteiger partial charge in [0, 0.05) is 0 Å². The molecular weight excluding hydrogens is 363 g/mol. The van der Waals surface area contributed by atoms with Gasteiger partial charge in [-0.15, -0.1) is 0 Å². The Labute approximate surface area is 146 Å². The van der Waals surface area contributed by atoms with E-state index in [1.54, 1.807) is 0 Å². The molecule has 0 unspecified atom stereocenters. The highest BCUT2D eigenvalue weighted by atomic mass is 19.2. The molecular formula is C17H17F5O4. The number of carbonyl (C=O) groups is 2. The maximum absolute atomic E-state index is 13.4. The normalized spacial score (nSPS) is 15.0. The van der Waals surface area contributed by atoms with E-state index in [9.17, 15) is 31.5 Å². The number of rotatable bonds is 6. The first kappa shape index (κ1) is 20.1. The van der Waals surface area contributed by atoms with Crippen molar-refractivity contribution in [2.75, 3.05) is 6.61 Å². The molecule has 0 saturated heterocycles. The highest BCUT2D eigenvalue weighted by molar-refractivity contribution is 5.79. The summed E-state index contributed by atoms with van der Waals surface area (Å²) >= 11 is 0. The maximum atomic E-state index is 13.4. The summed E-state index contributed by atoms with van der Waals surface area (Å²) in [5.41, 5.74) is 0. The van der Waals surface area contributed by atoms with E-state index in [4.69, 9.17) is 4.74 Å². The second-order valence-corrected chi connectivity index (χ2v) is 6.06. The first-order chi connectivity index (χ1) is 12.3. The van der Waals surface area contributed by atoms with Crippen LogP contribution in [0.5, 0.6) is 5.75 Å². The van der Waals surface area contributed by atoms with Crippen molar-refractivity contribution in [3.63, 3.8) is 0 Å². The Balaban J connectivity index is 1.84. The van der Waals surface area contributed by atoms with Gasteiger partial charge in [-0.25, -0.2) is 13.2 Å². The van der Waals surface area contributed by atoms with Gasteiger partial charge in [-0.05, 0) is 18.8 Å². The third kappa shape index (κ3) is 4.92. The van der Waals surface area contributed by atoms with Gasteiger partial charge in [-0.3, -0.25) is 9.59 Å². The third-order valence-electron chi connectivity index (χ3n) is 4.12. The fourth-order valence-corrected chi connectivity index (χ4v) is 2.68. The molecule has 0 spiro atoms. The number of benzene rings is 1. The van der Waals surface area contributed by atoms with Crippen LogP contribution < -0.4 is 4.74 Å². The molecule has 0 radical (unpaired) electrons. The van der Waals surface area contributed by atoms with Crippen molar-refractivity contribution in [1.29, 1.82) is 0 Å². The van der Waals surface area contributed by atoms with E-state index in [0.717, 1.165) is 32.1 Å². The third-order valence-corrected chi connectivity index (χ3v) is 4.12. The van der Waals surface area contributed by atoms with Crippen molar-refractivity contribution in [1.82, 2.24) is 0 Å². The Morgan fingerprint density at radius 3 is 1.85 bits per heavy atom. The van der Waals surface area contributed by atoms with Crippen LogP contribution in [0.3, 0.4) is 0 Å². The minimum Gasteiger partial charge on any atom is -0.465 e. The van der Waals surface area contributed by atoms with Gasteiger partial charge >= 0.3 is 11.9 Å². The predicted octanol–water partition coefficient (Wildman–Crippen LogP) is 4.19. The van der Waals surface area contributed by atoms with Crippen LogP contribution in [0.1, 0.15) is 44.9 Å². The Morgan fingerprint density at radius 2 is 1.27 bits per heavy atom. The Hall–Kier alpha value is -2.19. The number of ether oxygens (including phenoxy) is 2. The maximum Gasteiger partial charge on any atom is 0.311 e. The van der Waals surface area contributed by atoms with Gasteiger partial charge in [0.1, 0.15) is 0 Å². The smallest absolute Gasteiger partial charge is 0.311 e. The summed E-state index contributed by atoms with van der Waals surface area (Å²) in [4.78, 5) is 23.1. The van der Waals surface area contributed by atoms with Gasteiger partial charge in [-0.2, -0.15) is 8.78 Å². The molecule has 0 heterocycles. The molecule has 1 aromatic carbocycles. The second-order valence-electron chi connectivity index (χ2n) is 6.06. The van der Waals surface area contributed by atoms with Crippen LogP contribution in [-0.4, -0.2) is 18.5 Å². The summed E-state index contributed by atoms with van der Waals surface area (Å²) in [7, 11) is 0. The van der Waals surface area contributed by atoms with E-state index in [0.29, 0.717) is 0 Å². The zero-order valence-corrected chi connectivity index (χ0v) is 13.8. The summed E-state index contributed by atoms with van der Waals surface area (Å²) in [6.45, 7) is 0.228. The molecule has 1 aliphatic rings. The van der Waals surface area contributed by atoms with Crippen LogP contribution in [0.2, 0.25) is 0 Å². The molecule has 0 aromatic heterocycles. The monoisotopic (exact) mass is 380 g/mol. The Morgan fingerprint density at radius 1 is 0.769 bits per heavy atom. The average Bonchev–Trinajstić information content (AvgIpc) is 2.65. The predicted molar refractivity (Wildman–Crippen MR) is 78.6 cm³/mol. The largest absolute Gasteiger partial charge is 0.465 e. The molecule has 0 bridgehead atoms. The molecule has 0 N–H and O–H groups in total. The highest BCUT2D eigenvalue weighted by Crippen LogP contribution is 2.29. The minimum atomic E-state index is -2.36. The van der Waals surface area contributed by atoms with Crippen molar-refractivity contribution in [3.05, 3.63) is 29.1 Å². The zero-order valence-electron chi connectivity index (χ0n) is 13.8. The van der Waals surface area contributed by atoms with Crippen LogP contribution >= 0.6 is 0 Å². The fourth-order valence-electron chi connectivity index (χ4n) is 2.68. The van der Waals surface area contributed by atoms with Crippen molar-refractivity contribution < 1.29 is 41.0 Å². The van der Waals surface area contributed by atoms with E-state index in [1.807, 2.05) is 0 Å². The lowest BCUT2D eigenvalue weighted by Crippen LogP contribution is -2.18. The van der Waals surface area contributed by atoms with E-state index in [-0.39, 0.29) is 12.5 Å². The van der Waals surface area contributed by atoms with Gasteiger partial charge in [0.25, 0.3) is 0 Å². The molecule has 0 amide bonds. The molecule has 26 heavy (non-hydrogen) atoms. The summed E-state index contributed by atoms with van der Waals surface area (Å²) in [5, 5.41) is 0. The summed E-state index contributed by atoms with van der Waals surface area (Å²) in [6, 6.07) is 0. The van der Waals surface area contributed by atoms with Gasteiger partial charge in [-0.1, -0.05) is 19.3 Å². The molecule has 2 rings (SSSR count). The van der Waals surface area contributed by atoms with Crippen molar-refractivity contribution in [2.24, 2.45) is 5.92 Å². The van der Waals surface area contributed by atoms with Gasteiger partial charge in [0.15, 0.2) is 0 Å². The van der Waals surface area contributed by atoms with Crippen molar-refractivity contribution in [3.8, 4) is 5.75 Å². The van der Waals surface area contributed by atoms with Crippen molar-refractivity contribution >= 4 is 11.9 Å². The van der Waals surface area contributed by atoms with Crippen LogP contribution in [0.4, 0.5) is 22.0 Å². The Bertz CT molecular complexity index is 657. The van der Waals surface area contributed by atoms with Crippen molar-refractivity contribution in [2.45, 2.75) is 44.9 Å². The molecule has 1 fully saturated rings. The van der Waals surface area contributed by atoms with E-state index >= 15 is 0 Å². The lowest BCUT2D eigenvalue weighted by atomic mass is 9.90. The number of hydrogen-bond donors (Lipinski definition) is 0. The van der Waals surface area contributed by atoms with Gasteiger partial charge < -0.3 is 9.47 Å². The second kappa shape index (κ2) is 8.95. The van der Waals surface area contributed by atoms with Gasteiger partial charge in [0.05, 0.1) is 19.4 Å². The summed E-state index contributed by atoms with van der Waals surface area (Å²) < 4.78 is 74.9. The van der Waals surface area contributed by atoms with Crippen LogP contribution in [0, 0.1) is 35.0 Å². The SMILES string of the molecule is O=C(CCC(=O)Oc1c(F)c(F)c(F)c(F)c1F)OCC1CCCCC1. The van der Waals surface area contributed by atoms with Gasteiger partial charge in [0.2, 0.25) is 34.8 Å². The highest BCUT2D eigenvalue weighted by Gasteiger charge is 2.28. The topological polar surface area (TPSA) is 52.6 Å². The molecule has 1 aromatic rings. The molecule has 1 saturated carbocycles. The van der Waals surface area contributed by atoms with E-state index in [1.165, 1.54) is 0 Å². The average molecular weight is 380 g/mol. The molecule has 4 nitrogen and oxygen atoms in total. The number of halogens is 5. The minimum absolute atomic E-state index is 0.228. The number of carbonyl (C=O) groups excluding carboxylic acids is 2. The van der Waals surface area contributed by atoms with Crippen LogP contribution in [-0.2, 0) is 14.3 Å². The summed E-state index contributed by atoms with van der Waals surface area (Å²) in [6.07, 6.45) is 4.13. The lowest BCUT2D eigenvalue weighted by Gasteiger charge is -2.20. The quantitative estimate of drug-likeness (QED) is 0.244. The standard InChI is InChI=1S/C17H17F5O4/c18-12-13(19)15(21)17(16(22)14(12)20)26-11(24)7-6-10(23)25-8-9-4-2-1-3-5-9/h9H,1-8H2. The molecule has 0 aliphatic heterocycles. The molecule has 144 valence electrons. The molecule has 1 aliphatic carbocycles. The van der Waals surface area contributed by atoms with Crippen LogP contribution in [0.25, 0.3) is 0 Å². The lowest BCUT2D eigenvalue weighted by molar-refractivity contribution is -0.148. The zero-order chi connectivity index (χ0) is 19.3. The number of hydrogen-bond acceptors (Lipinski definition) is 4. The molecule has 0 atom stereocenters. The Kier molecular flexibility index (Phi) is 6.93. The summed E-state index contributed by atoms with van der Waals surface area (Å²) in [5.74, 6) is -14.8.